The molecule has 1 saturated heterocycles. The van der Waals surface area contributed by atoms with Crippen molar-refractivity contribution in [2.45, 2.75) is 13.0 Å². The van der Waals surface area contributed by atoms with Crippen molar-refractivity contribution in [1.82, 2.24) is 10.2 Å². The number of nitrogens with zero attached hydrogens (tertiary/aromatic N) is 2. The number of aliphatic imine (C=N–C) groups is 1. The number of nitrogens with one attached hydrogen (secondary N) is 1. The standard InChI is InChI=1S/C23H29N3O4/c1-24-23(25-10-12-28-20-7-8-21-22(13-20)30-17-29-21)26-11-9-19(14-26)16-27-15-18-5-3-2-4-6-18/h2-8,13,19H,9-12,14-17H2,1H3,(H,24,25). The van der Waals surface area contributed by atoms with Gasteiger partial charge in [-0.25, -0.2) is 0 Å². The van der Waals surface area contributed by atoms with Gasteiger partial charge in [-0.3, -0.25) is 4.99 Å². The molecule has 160 valence electrons. The van der Waals surface area contributed by atoms with Gasteiger partial charge in [0.05, 0.1) is 19.8 Å². The number of ether oxygens (including phenoxy) is 4. The molecule has 0 amide bonds. The zero-order chi connectivity index (χ0) is 20.6. The van der Waals surface area contributed by atoms with Crippen LogP contribution < -0.4 is 19.5 Å². The Kier molecular flexibility index (Phi) is 6.92. The first kappa shape index (κ1) is 20.3. The molecule has 2 aromatic carbocycles. The molecule has 0 aromatic heterocycles. The topological polar surface area (TPSA) is 64.6 Å². The maximum atomic E-state index is 5.92. The van der Waals surface area contributed by atoms with E-state index < -0.39 is 0 Å². The first-order valence-corrected chi connectivity index (χ1v) is 10.4. The van der Waals surface area contributed by atoms with Crippen molar-refractivity contribution in [3.05, 3.63) is 54.1 Å². The molecule has 2 heterocycles. The fourth-order valence-corrected chi connectivity index (χ4v) is 3.71. The smallest absolute Gasteiger partial charge is 0.231 e. The highest BCUT2D eigenvalue weighted by Gasteiger charge is 2.25. The first-order valence-electron chi connectivity index (χ1n) is 10.4. The molecule has 30 heavy (non-hydrogen) atoms. The van der Waals surface area contributed by atoms with Crippen molar-refractivity contribution in [3.63, 3.8) is 0 Å². The van der Waals surface area contributed by atoms with Crippen LogP contribution in [-0.2, 0) is 11.3 Å². The average molecular weight is 412 g/mol. The van der Waals surface area contributed by atoms with Gasteiger partial charge in [0.15, 0.2) is 17.5 Å². The molecular weight excluding hydrogens is 382 g/mol. The molecule has 1 unspecified atom stereocenters. The summed E-state index contributed by atoms with van der Waals surface area (Å²) in [6.45, 7) is 4.87. The van der Waals surface area contributed by atoms with E-state index in [0.29, 0.717) is 25.7 Å². The highest BCUT2D eigenvalue weighted by atomic mass is 16.7. The molecule has 7 nitrogen and oxygen atoms in total. The van der Waals surface area contributed by atoms with E-state index in [0.717, 1.165) is 49.3 Å². The summed E-state index contributed by atoms with van der Waals surface area (Å²) >= 11 is 0. The van der Waals surface area contributed by atoms with E-state index in [4.69, 9.17) is 18.9 Å². The number of hydrogen-bond donors (Lipinski definition) is 1. The van der Waals surface area contributed by atoms with E-state index in [9.17, 15) is 0 Å². The number of guanidine groups is 1. The molecule has 0 aliphatic carbocycles. The molecule has 2 aliphatic rings. The van der Waals surface area contributed by atoms with Crippen molar-refractivity contribution in [3.8, 4) is 17.2 Å². The Balaban J connectivity index is 1.15. The van der Waals surface area contributed by atoms with Crippen LogP contribution in [0.5, 0.6) is 17.2 Å². The largest absolute Gasteiger partial charge is 0.492 e. The second-order valence-corrected chi connectivity index (χ2v) is 7.44. The lowest BCUT2D eigenvalue weighted by molar-refractivity contribution is 0.0906. The lowest BCUT2D eigenvalue weighted by atomic mass is 10.1. The number of fused-ring (bicyclic) bond motifs is 1. The van der Waals surface area contributed by atoms with Crippen LogP contribution >= 0.6 is 0 Å². The van der Waals surface area contributed by atoms with Crippen molar-refractivity contribution >= 4 is 5.96 Å². The van der Waals surface area contributed by atoms with Gasteiger partial charge in [0, 0.05) is 32.1 Å². The Morgan fingerprint density at radius 3 is 2.90 bits per heavy atom. The molecule has 2 aliphatic heterocycles. The van der Waals surface area contributed by atoms with E-state index in [-0.39, 0.29) is 6.79 Å². The Bertz CT molecular complexity index is 844. The average Bonchev–Trinajstić information content (AvgIpc) is 3.44. The summed E-state index contributed by atoms with van der Waals surface area (Å²) in [5.74, 6) is 3.70. The van der Waals surface area contributed by atoms with Crippen LogP contribution in [0.3, 0.4) is 0 Å². The van der Waals surface area contributed by atoms with E-state index in [1.807, 2.05) is 43.4 Å². The molecule has 0 spiro atoms. The van der Waals surface area contributed by atoms with Crippen LogP contribution in [0, 0.1) is 5.92 Å². The summed E-state index contributed by atoms with van der Waals surface area (Å²) in [5, 5.41) is 3.39. The monoisotopic (exact) mass is 411 g/mol. The number of likely N-dealkylation sites (tertiary alicyclic amines) is 1. The highest BCUT2D eigenvalue weighted by molar-refractivity contribution is 5.80. The summed E-state index contributed by atoms with van der Waals surface area (Å²) < 4.78 is 22.4. The zero-order valence-electron chi connectivity index (χ0n) is 17.4. The maximum Gasteiger partial charge on any atom is 0.231 e. The zero-order valence-corrected chi connectivity index (χ0v) is 17.4. The summed E-state index contributed by atoms with van der Waals surface area (Å²) in [5.41, 5.74) is 1.22. The lowest BCUT2D eigenvalue weighted by Gasteiger charge is -2.22. The molecule has 2 aromatic rings. The van der Waals surface area contributed by atoms with Crippen molar-refractivity contribution in [2.75, 3.05) is 46.7 Å². The Labute approximate surface area is 177 Å². The molecular formula is C23H29N3O4. The summed E-state index contributed by atoms with van der Waals surface area (Å²) in [6, 6.07) is 15.9. The van der Waals surface area contributed by atoms with Crippen molar-refractivity contribution in [2.24, 2.45) is 10.9 Å². The number of hydrogen-bond acceptors (Lipinski definition) is 5. The minimum absolute atomic E-state index is 0.269. The molecule has 1 N–H and O–H groups in total. The van der Waals surface area contributed by atoms with E-state index >= 15 is 0 Å². The van der Waals surface area contributed by atoms with E-state index in [1.54, 1.807) is 0 Å². The highest BCUT2D eigenvalue weighted by Crippen LogP contribution is 2.35. The van der Waals surface area contributed by atoms with Crippen LogP contribution in [0.2, 0.25) is 0 Å². The third kappa shape index (κ3) is 5.36. The van der Waals surface area contributed by atoms with Crippen LogP contribution in [0.4, 0.5) is 0 Å². The number of benzene rings is 2. The minimum Gasteiger partial charge on any atom is -0.492 e. The van der Waals surface area contributed by atoms with E-state index in [2.05, 4.69) is 27.3 Å². The second-order valence-electron chi connectivity index (χ2n) is 7.44. The van der Waals surface area contributed by atoms with Crippen LogP contribution in [-0.4, -0.2) is 57.5 Å². The number of rotatable bonds is 8. The molecule has 4 rings (SSSR count). The Morgan fingerprint density at radius 2 is 2.03 bits per heavy atom. The third-order valence-electron chi connectivity index (χ3n) is 5.26. The Hall–Kier alpha value is -2.93. The van der Waals surface area contributed by atoms with Gasteiger partial charge >= 0.3 is 0 Å². The summed E-state index contributed by atoms with van der Waals surface area (Å²) in [6.07, 6.45) is 1.11. The first-order chi connectivity index (χ1) is 14.8. The molecule has 7 heteroatoms. The minimum atomic E-state index is 0.269. The quantitative estimate of drug-likeness (QED) is 0.409. The lowest BCUT2D eigenvalue weighted by Crippen LogP contribution is -2.41. The SMILES string of the molecule is CN=C(NCCOc1ccc2c(c1)OCO2)N1CCC(COCc2ccccc2)C1. The van der Waals surface area contributed by atoms with Gasteiger partial charge in [-0.05, 0) is 24.1 Å². The summed E-state index contributed by atoms with van der Waals surface area (Å²) in [7, 11) is 1.82. The molecule has 0 radical (unpaired) electrons. The van der Waals surface area contributed by atoms with Crippen molar-refractivity contribution in [1.29, 1.82) is 0 Å². The normalized spacial score (nSPS) is 18.0. The summed E-state index contributed by atoms with van der Waals surface area (Å²) in [4.78, 5) is 6.71. The van der Waals surface area contributed by atoms with E-state index in [1.165, 1.54) is 5.56 Å². The molecule has 0 bridgehead atoms. The van der Waals surface area contributed by atoms with Gasteiger partial charge in [0.2, 0.25) is 6.79 Å². The van der Waals surface area contributed by atoms with Gasteiger partial charge < -0.3 is 29.2 Å². The van der Waals surface area contributed by atoms with Gasteiger partial charge in [0.25, 0.3) is 0 Å². The van der Waals surface area contributed by atoms with Crippen LogP contribution in [0.25, 0.3) is 0 Å². The third-order valence-corrected chi connectivity index (χ3v) is 5.26. The second kappa shape index (κ2) is 10.2. The van der Waals surface area contributed by atoms with Gasteiger partial charge in [0.1, 0.15) is 12.4 Å². The Morgan fingerprint density at radius 1 is 1.17 bits per heavy atom. The van der Waals surface area contributed by atoms with Crippen LogP contribution in [0.1, 0.15) is 12.0 Å². The maximum absolute atomic E-state index is 5.92. The van der Waals surface area contributed by atoms with Gasteiger partial charge in [-0.1, -0.05) is 30.3 Å². The fraction of sp³-hybridized carbons (Fsp3) is 0.435. The predicted molar refractivity (Wildman–Crippen MR) is 115 cm³/mol. The fourth-order valence-electron chi connectivity index (χ4n) is 3.71. The molecule has 0 saturated carbocycles. The molecule has 1 atom stereocenters. The van der Waals surface area contributed by atoms with Crippen molar-refractivity contribution < 1.29 is 18.9 Å². The predicted octanol–water partition coefficient (Wildman–Crippen LogP) is 2.91. The van der Waals surface area contributed by atoms with Gasteiger partial charge in [-0.2, -0.15) is 0 Å². The van der Waals surface area contributed by atoms with Gasteiger partial charge in [-0.15, -0.1) is 0 Å². The van der Waals surface area contributed by atoms with Crippen LogP contribution in [0.15, 0.2) is 53.5 Å². The molecule has 1 fully saturated rings.